The minimum absolute atomic E-state index is 0.398. The lowest BCUT2D eigenvalue weighted by molar-refractivity contribution is 0.374. The van der Waals surface area contributed by atoms with E-state index in [9.17, 15) is 0 Å². The lowest BCUT2D eigenvalue weighted by atomic mass is 9.98. The molecular weight excluding hydrogens is 218 g/mol. The van der Waals surface area contributed by atoms with Crippen molar-refractivity contribution in [3.63, 3.8) is 0 Å². The van der Waals surface area contributed by atoms with Crippen molar-refractivity contribution in [2.24, 2.45) is 0 Å². The van der Waals surface area contributed by atoms with Crippen LogP contribution in [0.15, 0.2) is 16.7 Å². The summed E-state index contributed by atoms with van der Waals surface area (Å²) in [6.07, 6.45) is 3.82. The minimum atomic E-state index is 0.398. The van der Waals surface area contributed by atoms with E-state index in [0.717, 1.165) is 31.8 Å². The van der Waals surface area contributed by atoms with E-state index in [1.54, 1.807) is 19.4 Å². The molecule has 5 nitrogen and oxygen atoms in total. The van der Waals surface area contributed by atoms with Gasteiger partial charge in [0, 0.05) is 18.2 Å². The molecule has 0 saturated carbocycles. The van der Waals surface area contributed by atoms with Crippen molar-refractivity contribution in [3.05, 3.63) is 18.2 Å². The highest BCUT2D eigenvalue weighted by Crippen LogP contribution is 2.30. The molecule has 0 amide bonds. The minimum Gasteiger partial charge on any atom is -0.493 e. The highest BCUT2D eigenvalue weighted by Gasteiger charge is 2.22. The molecule has 1 aliphatic rings. The van der Waals surface area contributed by atoms with E-state index in [1.165, 1.54) is 0 Å². The average molecular weight is 233 g/mol. The Labute approximate surface area is 99.2 Å². The van der Waals surface area contributed by atoms with Gasteiger partial charge in [0.25, 0.3) is 0 Å². The van der Waals surface area contributed by atoms with Crippen molar-refractivity contribution < 1.29 is 9.15 Å². The molecule has 0 atom stereocenters. The predicted octanol–water partition coefficient (Wildman–Crippen LogP) is 1.70. The van der Waals surface area contributed by atoms with Crippen LogP contribution >= 0.6 is 0 Å². The zero-order valence-electron chi connectivity index (χ0n) is 9.77. The first-order valence-electron chi connectivity index (χ1n) is 5.88. The zero-order valence-corrected chi connectivity index (χ0v) is 9.77. The number of nitrogens with zero attached hydrogens (tertiary/aromatic N) is 2. The number of rotatable bonds is 2. The molecule has 2 aromatic heterocycles. The van der Waals surface area contributed by atoms with E-state index in [-0.39, 0.29) is 0 Å². The van der Waals surface area contributed by atoms with E-state index >= 15 is 0 Å². The van der Waals surface area contributed by atoms with Gasteiger partial charge in [-0.1, -0.05) is 0 Å². The SMILES string of the molecule is COc1ccnc2nc(C3CCNCC3)oc12. The summed E-state index contributed by atoms with van der Waals surface area (Å²) in [6.45, 7) is 2.04. The number of pyridine rings is 1. The first kappa shape index (κ1) is 10.5. The molecular formula is C12H15N3O2. The first-order valence-corrected chi connectivity index (χ1v) is 5.88. The summed E-state index contributed by atoms with van der Waals surface area (Å²) >= 11 is 0. The van der Waals surface area contributed by atoms with Crippen LogP contribution < -0.4 is 10.1 Å². The summed E-state index contributed by atoms with van der Waals surface area (Å²) in [5, 5.41) is 3.33. The second-order valence-corrected chi connectivity index (χ2v) is 4.24. The number of nitrogens with one attached hydrogen (secondary N) is 1. The summed E-state index contributed by atoms with van der Waals surface area (Å²) in [6, 6.07) is 1.79. The van der Waals surface area contributed by atoms with E-state index in [4.69, 9.17) is 9.15 Å². The molecule has 0 spiro atoms. The van der Waals surface area contributed by atoms with Crippen LogP contribution in [0.5, 0.6) is 5.75 Å². The van der Waals surface area contributed by atoms with Crippen molar-refractivity contribution in [1.29, 1.82) is 0 Å². The standard InChI is InChI=1S/C12H15N3O2/c1-16-9-4-7-14-11-10(9)17-12(15-11)8-2-5-13-6-3-8/h4,7-8,13H,2-3,5-6H2,1H3. The normalized spacial score (nSPS) is 17.5. The number of hydrogen-bond donors (Lipinski definition) is 1. The summed E-state index contributed by atoms with van der Waals surface area (Å²) in [7, 11) is 1.63. The van der Waals surface area contributed by atoms with E-state index in [2.05, 4.69) is 15.3 Å². The fourth-order valence-electron chi connectivity index (χ4n) is 2.23. The Morgan fingerprint density at radius 1 is 1.41 bits per heavy atom. The maximum Gasteiger partial charge on any atom is 0.215 e. The highest BCUT2D eigenvalue weighted by atomic mass is 16.5. The molecule has 1 fully saturated rings. The van der Waals surface area contributed by atoms with Gasteiger partial charge in [-0.25, -0.2) is 4.98 Å². The third kappa shape index (κ3) is 1.86. The number of piperidine rings is 1. The summed E-state index contributed by atoms with van der Waals surface area (Å²) in [5.74, 6) is 1.89. The van der Waals surface area contributed by atoms with Crippen molar-refractivity contribution in [2.75, 3.05) is 20.2 Å². The second-order valence-electron chi connectivity index (χ2n) is 4.24. The maximum atomic E-state index is 5.80. The Morgan fingerprint density at radius 2 is 2.24 bits per heavy atom. The number of oxazole rings is 1. The Morgan fingerprint density at radius 3 is 3.00 bits per heavy atom. The third-order valence-corrected chi connectivity index (χ3v) is 3.18. The second kappa shape index (κ2) is 4.33. The molecule has 17 heavy (non-hydrogen) atoms. The predicted molar refractivity (Wildman–Crippen MR) is 63.2 cm³/mol. The molecule has 0 unspecified atom stereocenters. The van der Waals surface area contributed by atoms with Crippen LogP contribution in [0.4, 0.5) is 0 Å². The van der Waals surface area contributed by atoms with Gasteiger partial charge in [-0.05, 0) is 25.9 Å². The topological polar surface area (TPSA) is 60.2 Å². The van der Waals surface area contributed by atoms with Crippen molar-refractivity contribution in [3.8, 4) is 5.75 Å². The Hall–Kier alpha value is -1.62. The molecule has 5 heteroatoms. The maximum absolute atomic E-state index is 5.80. The molecule has 1 aliphatic heterocycles. The number of aromatic nitrogens is 2. The van der Waals surface area contributed by atoms with Crippen LogP contribution in [0.2, 0.25) is 0 Å². The van der Waals surface area contributed by atoms with Gasteiger partial charge in [-0.3, -0.25) is 0 Å². The molecule has 3 rings (SSSR count). The van der Waals surface area contributed by atoms with Crippen LogP contribution in [-0.2, 0) is 0 Å². The van der Waals surface area contributed by atoms with Crippen LogP contribution in [0.25, 0.3) is 11.2 Å². The summed E-state index contributed by atoms with van der Waals surface area (Å²) in [4.78, 5) is 8.66. The smallest absolute Gasteiger partial charge is 0.215 e. The van der Waals surface area contributed by atoms with Gasteiger partial charge in [0.1, 0.15) is 0 Å². The molecule has 0 bridgehead atoms. The van der Waals surface area contributed by atoms with Crippen molar-refractivity contribution >= 4 is 11.2 Å². The van der Waals surface area contributed by atoms with Crippen molar-refractivity contribution in [2.45, 2.75) is 18.8 Å². The summed E-state index contributed by atoms with van der Waals surface area (Å²) < 4.78 is 11.0. The number of fused-ring (bicyclic) bond motifs is 1. The molecule has 2 aromatic rings. The van der Waals surface area contributed by atoms with E-state index in [1.807, 2.05) is 0 Å². The summed E-state index contributed by atoms with van der Waals surface area (Å²) in [5.41, 5.74) is 1.29. The molecule has 1 N–H and O–H groups in total. The molecule has 0 aliphatic carbocycles. The fraction of sp³-hybridized carbons (Fsp3) is 0.500. The van der Waals surface area contributed by atoms with Gasteiger partial charge >= 0.3 is 0 Å². The zero-order chi connectivity index (χ0) is 11.7. The highest BCUT2D eigenvalue weighted by molar-refractivity contribution is 5.75. The molecule has 3 heterocycles. The molecule has 0 radical (unpaired) electrons. The molecule has 1 saturated heterocycles. The van der Waals surface area contributed by atoms with Crippen LogP contribution in [0, 0.1) is 0 Å². The van der Waals surface area contributed by atoms with Gasteiger partial charge in [0.05, 0.1) is 7.11 Å². The number of methoxy groups -OCH3 is 1. The molecule has 0 aromatic carbocycles. The fourth-order valence-corrected chi connectivity index (χ4v) is 2.23. The largest absolute Gasteiger partial charge is 0.493 e. The lowest BCUT2D eigenvalue weighted by Crippen LogP contribution is -2.26. The first-order chi connectivity index (χ1) is 8.38. The van der Waals surface area contributed by atoms with Crippen LogP contribution in [0.3, 0.4) is 0 Å². The van der Waals surface area contributed by atoms with Gasteiger partial charge in [0.15, 0.2) is 11.6 Å². The van der Waals surface area contributed by atoms with Crippen LogP contribution in [-0.4, -0.2) is 30.2 Å². The van der Waals surface area contributed by atoms with Gasteiger partial charge < -0.3 is 14.5 Å². The third-order valence-electron chi connectivity index (χ3n) is 3.18. The van der Waals surface area contributed by atoms with Crippen LogP contribution in [0.1, 0.15) is 24.7 Å². The monoisotopic (exact) mass is 233 g/mol. The van der Waals surface area contributed by atoms with Gasteiger partial charge in [0.2, 0.25) is 11.2 Å². The van der Waals surface area contributed by atoms with Gasteiger partial charge in [-0.2, -0.15) is 4.98 Å². The van der Waals surface area contributed by atoms with Crippen molar-refractivity contribution in [1.82, 2.24) is 15.3 Å². The van der Waals surface area contributed by atoms with E-state index in [0.29, 0.717) is 22.9 Å². The Balaban J connectivity index is 2.00. The van der Waals surface area contributed by atoms with E-state index < -0.39 is 0 Å². The average Bonchev–Trinajstić information content (AvgIpc) is 2.83. The molecule has 90 valence electrons. The number of hydrogen-bond acceptors (Lipinski definition) is 5. The Kier molecular flexibility index (Phi) is 2.68. The quantitative estimate of drug-likeness (QED) is 0.855. The number of ether oxygens (including phenoxy) is 1. The van der Waals surface area contributed by atoms with Gasteiger partial charge in [-0.15, -0.1) is 0 Å². The lowest BCUT2D eigenvalue weighted by Gasteiger charge is -2.19. The Bertz CT molecular complexity index is 517.